The van der Waals surface area contributed by atoms with Crippen LogP contribution in [0, 0.1) is 0 Å². The summed E-state index contributed by atoms with van der Waals surface area (Å²) in [5.41, 5.74) is 3.24. The first kappa shape index (κ1) is 21.2. The second kappa shape index (κ2) is 9.85. The summed E-state index contributed by atoms with van der Waals surface area (Å²) in [6.45, 7) is 0.302. The van der Waals surface area contributed by atoms with Crippen LogP contribution in [0.4, 0.5) is 0 Å². The van der Waals surface area contributed by atoms with Crippen LogP contribution < -0.4 is 0 Å². The van der Waals surface area contributed by atoms with Crippen molar-refractivity contribution in [3.8, 4) is 11.1 Å². The highest BCUT2D eigenvalue weighted by atomic mass is 32.2. The molecule has 0 saturated carbocycles. The smallest absolute Gasteiger partial charge is 0.267 e. The summed E-state index contributed by atoms with van der Waals surface area (Å²) in [5, 5.41) is 11.0. The van der Waals surface area contributed by atoms with Crippen molar-refractivity contribution in [2.45, 2.75) is 6.54 Å². The van der Waals surface area contributed by atoms with Gasteiger partial charge < -0.3 is 4.42 Å². The molecular formula is C26H19N3O2S2. The van der Waals surface area contributed by atoms with Gasteiger partial charge in [0.25, 0.3) is 5.91 Å². The Kier molecular flexibility index (Phi) is 6.32. The monoisotopic (exact) mass is 469 g/mol. The summed E-state index contributed by atoms with van der Waals surface area (Å²) in [7, 11) is 0. The van der Waals surface area contributed by atoms with Crippen LogP contribution in [0.3, 0.4) is 0 Å². The number of furan rings is 1. The van der Waals surface area contributed by atoms with Crippen molar-refractivity contribution >= 4 is 46.5 Å². The minimum absolute atomic E-state index is 0.117. The largest absolute Gasteiger partial charge is 0.467 e. The van der Waals surface area contributed by atoms with Gasteiger partial charge in [0.2, 0.25) is 0 Å². The highest BCUT2D eigenvalue weighted by Crippen LogP contribution is 2.34. The Bertz CT molecular complexity index is 1310. The van der Waals surface area contributed by atoms with Crippen molar-refractivity contribution in [1.82, 2.24) is 4.90 Å². The molecule has 0 bridgehead atoms. The SMILES string of the molecule is O=C1/C(=C/c2ccc(-c3ccccc3)cc2)S/C(=N/N=C\c2cccs2)N1Cc1ccco1. The van der Waals surface area contributed by atoms with E-state index in [4.69, 9.17) is 4.42 Å². The van der Waals surface area contributed by atoms with E-state index in [0.717, 1.165) is 21.6 Å². The van der Waals surface area contributed by atoms with Gasteiger partial charge in [-0.1, -0.05) is 60.7 Å². The van der Waals surface area contributed by atoms with E-state index in [2.05, 4.69) is 34.5 Å². The van der Waals surface area contributed by atoms with Crippen molar-refractivity contribution in [1.29, 1.82) is 0 Å². The molecular weight excluding hydrogens is 450 g/mol. The number of amidine groups is 1. The third kappa shape index (κ3) is 5.05. The maximum atomic E-state index is 13.2. The standard InChI is InChI=1S/C26H19N3O2S2/c30-25-24(16-19-10-12-21(13-11-19)20-6-2-1-3-7-20)33-26(28-27-17-23-9-5-15-32-23)29(25)18-22-8-4-14-31-22/h1-17H,18H2/b24-16-,27-17-,28-26+. The van der Waals surface area contributed by atoms with Crippen molar-refractivity contribution in [3.63, 3.8) is 0 Å². The average molecular weight is 470 g/mol. The lowest BCUT2D eigenvalue weighted by atomic mass is 10.0. The Morgan fingerprint density at radius 3 is 2.45 bits per heavy atom. The van der Waals surface area contributed by atoms with Crippen LogP contribution in [-0.2, 0) is 11.3 Å². The topological polar surface area (TPSA) is 58.2 Å². The molecule has 5 rings (SSSR count). The molecule has 1 fully saturated rings. The first-order valence-electron chi connectivity index (χ1n) is 10.3. The fraction of sp³-hybridized carbons (Fsp3) is 0.0385. The number of thiophene rings is 1. The maximum absolute atomic E-state index is 13.2. The van der Waals surface area contributed by atoms with Crippen molar-refractivity contribution in [2.24, 2.45) is 10.2 Å². The third-order valence-electron chi connectivity index (χ3n) is 4.97. The highest BCUT2D eigenvalue weighted by molar-refractivity contribution is 8.18. The van der Waals surface area contributed by atoms with Crippen LogP contribution in [0.2, 0.25) is 0 Å². The number of nitrogens with zero attached hydrogens (tertiary/aromatic N) is 3. The Labute approximate surface area is 199 Å². The average Bonchev–Trinajstić information content (AvgIpc) is 3.61. The number of thioether (sulfide) groups is 1. The molecule has 0 radical (unpaired) electrons. The summed E-state index contributed by atoms with van der Waals surface area (Å²) >= 11 is 2.90. The fourth-order valence-corrected chi connectivity index (χ4v) is 4.85. The van der Waals surface area contributed by atoms with Gasteiger partial charge in [0.1, 0.15) is 5.76 Å². The second-order valence-electron chi connectivity index (χ2n) is 7.21. The van der Waals surface area contributed by atoms with Crippen LogP contribution in [0.5, 0.6) is 0 Å². The lowest BCUT2D eigenvalue weighted by Crippen LogP contribution is -2.28. The highest BCUT2D eigenvalue weighted by Gasteiger charge is 2.34. The molecule has 0 N–H and O–H groups in total. The van der Waals surface area contributed by atoms with Crippen LogP contribution in [0.15, 0.2) is 110 Å². The summed E-state index contributed by atoms with van der Waals surface area (Å²) < 4.78 is 5.45. The molecule has 5 nitrogen and oxygen atoms in total. The van der Waals surface area contributed by atoms with Gasteiger partial charge in [-0.2, -0.15) is 5.10 Å². The molecule has 162 valence electrons. The molecule has 2 aromatic carbocycles. The lowest BCUT2D eigenvalue weighted by molar-refractivity contribution is -0.122. The van der Waals surface area contributed by atoms with Gasteiger partial charge in [0, 0.05) is 4.88 Å². The minimum atomic E-state index is -0.117. The molecule has 0 spiro atoms. The van der Waals surface area contributed by atoms with Gasteiger partial charge in [-0.05, 0) is 58.1 Å². The number of hydrogen-bond donors (Lipinski definition) is 0. The summed E-state index contributed by atoms with van der Waals surface area (Å²) in [5.74, 6) is 0.570. The van der Waals surface area contributed by atoms with Crippen LogP contribution in [0.1, 0.15) is 16.2 Å². The zero-order valence-electron chi connectivity index (χ0n) is 17.5. The van der Waals surface area contributed by atoms with Gasteiger partial charge >= 0.3 is 0 Å². The number of rotatable bonds is 6. The molecule has 2 aromatic heterocycles. The molecule has 7 heteroatoms. The van der Waals surface area contributed by atoms with E-state index >= 15 is 0 Å². The number of benzene rings is 2. The molecule has 4 aromatic rings. The van der Waals surface area contributed by atoms with Crippen molar-refractivity contribution < 1.29 is 9.21 Å². The Balaban J connectivity index is 1.40. The Morgan fingerprint density at radius 2 is 1.73 bits per heavy atom. The number of amides is 1. The first-order chi connectivity index (χ1) is 16.3. The fourth-order valence-electron chi connectivity index (χ4n) is 3.33. The second-order valence-corrected chi connectivity index (χ2v) is 9.20. The van der Waals surface area contributed by atoms with E-state index in [1.165, 1.54) is 11.8 Å². The van der Waals surface area contributed by atoms with E-state index in [9.17, 15) is 4.79 Å². The zero-order valence-corrected chi connectivity index (χ0v) is 19.1. The van der Waals surface area contributed by atoms with Gasteiger partial charge in [-0.3, -0.25) is 9.69 Å². The molecule has 1 aliphatic rings. The summed E-state index contributed by atoms with van der Waals surface area (Å²) in [6, 6.07) is 25.9. The molecule has 33 heavy (non-hydrogen) atoms. The lowest BCUT2D eigenvalue weighted by Gasteiger charge is -2.12. The molecule has 0 aliphatic carbocycles. The normalized spacial score (nSPS) is 16.5. The predicted octanol–water partition coefficient (Wildman–Crippen LogP) is 6.51. The van der Waals surface area contributed by atoms with Crippen LogP contribution >= 0.6 is 23.1 Å². The minimum Gasteiger partial charge on any atom is -0.467 e. The van der Waals surface area contributed by atoms with Crippen LogP contribution in [-0.4, -0.2) is 22.2 Å². The van der Waals surface area contributed by atoms with Gasteiger partial charge in [-0.15, -0.1) is 16.4 Å². The van der Waals surface area contributed by atoms with E-state index < -0.39 is 0 Å². The Hall–Kier alpha value is -3.68. The molecule has 0 atom stereocenters. The van der Waals surface area contributed by atoms with Gasteiger partial charge in [0.05, 0.1) is 23.9 Å². The quantitative estimate of drug-likeness (QED) is 0.184. The molecule has 1 saturated heterocycles. The summed E-state index contributed by atoms with van der Waals surface area (Å²) in [6.07, 6.45) is 5.18. The zero-order chi connectivity index (χ0) is 22.5. The van der Waals surface area contributed by atoms with E-state index in [1.807, 2.05) is 60.0 Å². The van der Waals surface area contributed by atoms with E-state index in [0.29, 0.717) is 22.4 Å². The van der Waals surface area contributed by atoms with Gasteiger partial charge in [-0.25, -0.2) is 0 Å². The molecule has 0 unspecified atom stereocenters. The van der Waals surface area contributed by atoms with Gasteiger partial charge in [0.15, 0.2) is 5.17 Å². The molecule has 3 heterocycles. The van der Waals surface area contributed by atoms with Crippen molar-refractivity contribution in [2.75, 3.05) is 0 Å². The predicted molar refractivity (Wildman–Crippen MR) is 136 cm³/mol. The summed E-state index contributed by atoms with van der Waals surface area (Å²) in [4.78, 5) is 16.4. The first-order valence-corrected chi connectivity index (χ1v) is 12.0. The molecule has 1 aliphatic heterocycles. The number of hydrogen-bond acceptors (Lipinski definition) is 6. The third-order valence-corrected chi connectivity index (χ3v) is 6.77. The molecule has 1 amide bonds. The Morgan fingerprint density at radius 1 is 0.909 bits per heavy atom. The van der Waals surface area contributed by atoms with E-state index in [1.54, 1.807) is 34.8 Å². The van der Waals surface area contributed by atoms with E-state index in [-0.39, 0.29) is 5.91 Å². The van der Waals surface area contributed by atoms with Crippen LogP contribution in [0.25, 0.3) is 17.2 Å². The number of carbonyl (C=O) groups excluding carboxylic acids is 1. The maximum Gasteiger partial charge on any atom is 0.267 e. The van der Waals surface area contributed by atoms with Crippen molar-refractivity contribution in [3.05, 3.63) is 112 Å². The number of carbonyl (C=O) groups is 1.